The molecular weight excluding hydrogens is 595 g/mol. The molecule has 0 spiro atoms. The first-order valence-corrected chi connectivity index (χ1v) is 14.1. The Kier molecular flexibility index (Phi) is 8.10. The maximum Gasteiger partial charge on any atom is 0.573 e. The summed E-state index contributed by atoms with van der Waals surface area (Å²) in [7, 11) is -4.29. The molecule has 17 heteroatoms. The number of halogens is 3. The number of carbonyl (C=O) groups is 1. The lowest BCUT2D eigenvalue weighted by Crippen LogP contribution is -2.60. The van der Waals surface area contributed by atoms with Crippen LogP contribution < -0.4 is 15.0 Å². The van der Waals surface area contributed by atoms with Crippen molar-refractivity contribution in [2.45, 2.75) is 23.8 Å². The number of alkyl halides is 3. The zero-order chi connectivity index (χ0) is 30.8. The van der Waals surface area contributed by atoms with Gasteiger partial charge in [-0.1, -0.05) is 12.1 Å². The van der Waals surface area contributed by atoms with E-state index in [-0.39, 0.29) is 36.8 Å². The predicted molar refractivity (Wildman–Crippen MR) is 145 cm³/mol. The number of benzene rings is 2. The van der Waals surface area contributed by atoms with Gasteiger partial charge in [-0.05, 0) is 35.9 Å². The van der Waals surface area contributed by atoms with Crippen LogP contribution in [0.5, 0.6) is 5.75 Å². The lowest BCUT2D eigenvalue weighted by Gasteiger charge is -2.40. The van der Waals surface area contributed by atoms with Crippen molar-refractivity contribution < 1.29 is 36.0 Å². The predicted octanol–water partition coefficient (Wildman–Crippen LogP) is 3.03. The highest BCUT2D eigenvalue weighted by Crippen LogP contribution is 2.27. The number of rotatable bonds is 8. The molecule has 4 aromatic rings. The van der Waals surface area contributed by atoms with E-state index in [0.717, 1.165) is 40.7 Å². The Hall–Kier alpha value is -4.90. The Morgan fingerprint density at radius 2 is 1.77 bits per heavy atom. The maximum atomic E-state index is 13.6. The van der Waals surface area contributed by atoms with E-state index < -0.39 is 39.0 Å². The number of hydrogen-bond donors (Lipinski definition) is 1. The van der Waals surface area contributed by atoms with Crippen LogP contribution in [-0.2, 0) is 21.4 Å². The number of anilines is 1. The minimum Gasteiger partial charge on any atom is -0.406 e. The zero-order valence-electron chi connectivity index (χ0n) is 22.0. The summed E-state index contributed by atoms with van der Waals surface area (Å²) >= 11 is 0. The normalized spacial score (nSPS) is 16.2. The molecule has 0 bridgehead atoms. The SMILES string of the molecule is O=C(NCc1ccc(OC(F)(F)F)cc1)[C@H]1CN(c2cnc3cnccc3n2)CCN1S(=O)(=O)c1ccc([N+](=O)[O-])cc1. The highest BCUT2D eigenvalue weighted by molar-refractivity contribution is 7.89. The Labute approximate surface area is 242 Å². The molecule has 1 atom stereocenters. The monoisotopic (exact) mass is 617 g/mol. The standard InChI is InChI=1S/C26H22F3N7O6S/c27-26(28,29)42-19-5-1-17(2-6-19)13-32-25(37)23-16-34(24-15-31-22-14-30-10-9-21(22)33-24)11-12-35(23)43(40,41)20-7-3-18(4-8-20)36(38)39/h1-10,14-15,23H,11-13,16H2,(H,32,37)/t23-/m1/s1. The van der Waals surface area contributed by atoms with Crippen molar-refractivity contribution in [3.63, 3.8) is 0 Å². The molecule has 1 aliphatic rings. The number of aromatic nitrogens is 3. The average molecular weight is 618 g/mol. The number of nitrogens with one attached hydrogen (secondary N) is 1. The first-order chi connectivity index (χ1) is 20.4. The molecule has 3 heterocycles. The second kappa shape index (κ2) is 11.8. The summed E-state index contributed by atoms with van der Waals surface area (Å²) in [4.78, 5) is 38.3. The van der Waals surface area contributed by atoms with E-state index in [1.165, 1.54) is 18.3 Å². The molecule has 1 saturated heterocycles. The van der Waals surface area contributed by atoms with Gasteiger partial charge < -0.3 is 15.0 Å². The number of pyridine rings is 1. The number of non-ortho nitro benzene ring substituents is 1. The fourth-order valence-electron chi connectivity index (χ4n) is 4.47. The smallest absolute Gasteiger partial charge is 0.406 e. The van der Waals surface area contributed by atoms with Crippen molar-refractivity contribution in [3.05, 3.63) is 88.9 Å². The minimum atomic E-state index is -4.85. The van der Waals surface area contributed by atoms with Crippen molar-refractivity contribution in [1.29, 1.82) is 0 Å². The third kappa shape index (κ3) is 6.78. The number of amides is 1. The summed E-state index contributed by atoms with van der Waals surface area (Å²) in [5.74, 6) is -0.703. The number of ether oxygens (including phenoxy) is 1. The first kappa shape index (κ1) is 29.6. The largest absolute Gasteiger partial charge is 0.573 e. The van der Waals surface area contributed by atoms with Gasteiger partial charge in [-0.2, -0.15) is 4.31 Å². The number of nitro groups is 1. The number of nitro benzene ring substituents is 1. The molecule has 1 fully saturated rings. The lowest BCUT2D eigenvalue weighted by atomic mass is 10.1. The summed E-state index contributed by atoms with van der Waals surface area (Å²) in [6, 6.07) is 9.57. The summed E-state index contributed by atoms with van der Waals surface area (Å²) in [6.45, 7) is -0.198. The molecule has 1 aliphatic heterocycles. The molecule has 1 amide bonds. The quantitative estimate of drug-likeness (QED) is 0.230. The molecule has 0 saturated carbocycles. The van der Waals surface area contributed by atoms with Gasteiger partial charge in [0.1, 0.15) is 23.1 Å². The number of fused-ring (bicyclic) bond motifs is 1. The lowest BCUT2D eigenvalue weighted by molar-refractivity contribution is -0.384. The maximum absolute atomic E-state index is 13.6. The second-order valence-corrected chi connectivity index (χ2v) is 11.2. The second-order valence-electron chi connectivity index (χ2n) is 9.33. The van der Waals surface area contributed by atoms with Gasteiger partial charge in [-0.15, -0.1) is 13.2 Å². The molecule has 0 radical (unpaired) electrons. The van der Waals surface area contributed by atoms with Gasteiger partial charge in [0.2, 0.25) is 15.9 Å². The molecule has 2 aromatic heterocycles. The van der Waals surface area contributed by atoms with Crippen LogP contribution in [0.2, 0.25) is 0 Å². The van der Waals surface area contributed by atoms with Gasteiger partial charge in [-0.25, -0.2) is 18.4 Å². The molecule has 224 valence electrons. The van der Waals surface area contributed by atoms with Gasteiger partial charge >= 0.3 is 6.36 Å². The summed E-state index contributed by atoms with van der Waals surface area (Å²) in [6.07, 6.45) is -0.274. The number of carbonyl (C=O) groups excluding carboxylic acids is 1. The Bertz CT molecular complexity index is 1760. The van der Waals surface area contributed by atoms with E-state index in [1.54, 1.807) is 23.4 Å². The van der Waals surface area contributed by atoms with Crippen LogP contribution in [0.1, 0.15) is 5.56 Å². The zero-order valence-corrected chi connectivity index (χ0v) is 22.8. The Morgan fingerprint density at radius 3 is 2.44 bits per heavy atom. The Balaban J connectivity index is 1.39. The fourth-order valence-corrected chi connectivity index (χ4v) is 6.04. The highest BCUT2D eigenvalue weighted by Gasteiger charge is 2.41. The van der Waals surface area contributed by atoms with Crippen LogP contribution in [-0.4, -0.2) is 70.5 Å². The molecular formula is C26H22F3N7O6S. The summed E-state index contributed by atoms with van der Waals surface area (Å²) in [5.41, 5.74) is 1.24. The van der Waals surface area contributed by atoms with E-state index in [2.05, 4.69) is 25.0 Å². The third-order valence-electron chi connectivity index (χ3n) is 6.57. The summed E-state index contributed by atoms with van der Waals surface area (Å²) in [5, 5.41) is 13.7. The van der Waals surface area contributed by atoms with E-state index >= 15 is 0 Å². The van der Waals surface area contributed by atoms with Crippen LogP contribution in [0.4, 0.5) is 24.7 Å². The highest BCUT2D eigenvalue weighted by atomic mass is 32.2. The van der Waals surface area contributed by atoms with Crippen molar-refractivity contribution in [1.82, 2.24) is 24.6 Å². The van der Waals surface area contributed by atoms with Crippen LogP contribution >= 0.6 is 0 Å². The van der Waals surface area contributed by atoms with Crippen molar-refractivity contribution in [2.24, 2.45) is 0 Å². The van der Waals surface area contributed by atoms with Crippen LogP contribution in [0, 0.1) is 10.1 Å². The van der Waals surface area contributed by atoms with E-state index in [4.69, 9.17) is 0 Å². The van der Waals surface area contributed by atoms with Crippen LogP contribution in [0.25, 0.3) is 11.0 Å². The number of nitrogens with zero attached hydrogens (tertiary/aromatic N) is 6. The van der Waals surface area contributed by atoms with Gasteiger partial charge in [0, 0.05) is 44.5 Å². The topological polar surface area (TPSA) is 161 Å². The fraction of sp³-hybridized carbons (Fsp3) is 0.231. The van der Waals surface area contributed by atoms with Crippen molar-refractivity contribution in [3.8, 4) is 5.75 Å². The number of hydrogen-bond acceptors (Lipinski definition) is 10. The van der Waals surface area contributed by atoms with Gasteiger partial charge in [-0.3, -0.25) is 19.9 Å². The average Bonchev–Trinajstić information content (AvgIpc) is 2.99. The molecule has 43 heavy (non-hydrogen) atoms. The Morgan fingerprint density at radius 1 is 1.05 bits per heavy atom. The molecule has 5 rings (SSSR count). The first-order valence-electron chi connectivity index (χ1n) is 12.6. The molecule has 2 aromatic carbocycles. The number of piperazine rings is 1. The van der Waals surface area contributed by atoms with E-state index in [9.17, 15) is 36.5 Å². The third-order valence-corrected chi connectivity index (χ3v) is 8.49. The van der Waals surface area contributed by atoms with Gasteiger partial charge in [0.15, 0.2) is 0 Å². The van der Waals surface area contributed by atoms with Crippen LogP contribution in [0.15, 0.2) is 78.1 Å². The van der Waals surface area contributed by atoms with Gasteiger partial charge in [0.05, 0.1) is 27.7 Å². The van der Waals surface area contributed by atoms with Crippen molar-refractivity contribution >= 4 is 38.5 Å². The molecule has 0 unspecified atom stereocenters. The van der Waals surface area contributed by atoms with Gasteiger partial charge in [0.25, 0.3) is 5.69 Å². The molecule has 1 N–H and O–H groups in total. The molecule has 0 aliphatic carbocycles. The van der Waals surface area contributed by atoms with Crippen LogP contribution in [0.3, 0.4) is 0 Å². The minimum absolute atomic E-state index is 0.109. The number of sulfonamides is 1. The van der Waals surface area contributed by atoms with E-state index in [0.29, 0.717) is 22.4 Å². The van der Waals surface area contributed by atoms with Crippen molar-refractivity contribution in [2.75, 3.05) is 24.5 Å². The van der Waals surface area contributed by atoms with E-state index in [1.807, 2.05) is 0 Å². The molecule has 13 nitrogen and oxygen atoms in total. The summed E-state index contributed by atoms with van der Waals surface area (Å²) < 4.78 is 69.6.